The van der Waals surface area contributed by atoms with Crippen LogP contribution < -0.4 is 5.32 Å². The van der Waals surface area contributed by atoms with Crippen molar-refractivity contribution in [1.29, 1.82) is 0 Å². The molecule has 2 nitrogen and oxygen atoms in total. The Morgan fingerprint density at radius 3 is 2.44 bits per heavy atom. The number of rotatable bonds is 4. The van der Waals surface area contributed by atoms with Crippen LogP contribution in [0, 0.1) is 0 Å². The van der Waals surface area contributed by atoms with Crippen molar-refractivity contribution in [1.82, 2.24) is 10.2 Å². The number of likely N-dealkylation sites (N-methyl/N-ethyl adjacent to an activating group) is 1. The summed E-state index contributed by atoms with van der Waals surface area (Å²) in [7, 11) is 4.11. The molecule has 0 bridgehead atoms. The van der Waals surface area contributed by atoms with Gasteiger partial charge in [-0.15, -0.1) is 0 Å². The summed E-state index contributed by atoms with van der Waals surface area (Å²) in [5.74, 6) is 0. The van der Waals surface area contributed by atoms with Crippen molar-refractivity contribution in [2.45, 2.75) is 6.92 Å². The van der Waals surface area contributed by atoms with Gasteiger partial charge in [0.25, 0.3) is 0 Å². The van der Waals surface area contributed by atoms with E-state index in [4.69, 9.17) is 0 Å². The van der Waals surface area contributed by atoms with Gasteiger partial charge >= 0.3 is 0 Å². The summed E-state index contributed by atoms with van der Waals surface area (Å²) in [5, 5.41) is 3.14. The molecule has 0 aliphatic rings. The normalized spacial score (nSPS) is 9.78. The lowest BCUT2D eigenvalue weighted by molar-refractivity contribution is 0.408. The molecule has 0 saturated heterocycles. The van der Waals surface area contributed by atoms with Gasteiger partial charge in [-0.25, -0.2) is 0 Å². The minimum atomic E-state index is 0.988. The molecule has 0 radical (unpaired) electrons. The van der Waals surface area contributed by atoms with Crippen LogP contribution >= 0.6 is 0 Å². The van der Waals surface area contributed by atoms with E-state index >= 15 is 0 Å². The van der Waals surface area contributed by atoms with Gasteiger partial charge in [0.2, 0.25) is 0 Å². The van der Waals surface area contributed by atoms with Gasteiger partial charge in [-0.2, -0.15) is 0 Å². The largest absolute Gasteiger partial charge is 0.388 e. The van der Waals surface area contributed by atoms with E-state index in [1.807, 2.05) is 6.92 Å². The highest BCUT2D eigenvalue weighted by Gasteiger charge is 1.86. The SMILES string of the molecule is C=C(C)NCCN(C)C. The minimum Gasteiger partial charge on any atom is -0.388 e. The average molecular weight is 128 g/mol. The first kappa shape index (κ1) is 8.50. The number of nitrogens with zero attached hydrogens (tertiary/aromatic N) is 1. The highest BCUT2D eigenvalue weighted by molar-refractivity contribution is 4.83. The Bertz CT molecular complexity index is 86.9. The number of allylic oxidation sites excluding steroid dienone is 1. The van der Waals surface area contributed by atoms with E-state index in [1.54, 1.807) is 0 Å². The van der Waals surface area contributed by atoms with Crippen molar-refractivity contribution < 1.29 is 0 Å². The third-order valence-electron chi connectivity index (χ3n) is 0.986. The molecule has 0 atom stereocenters. The fraction of sp³-hybridized carbons (Fsp3) is 0.714. The highest BCUT2D eigenvalue weighted by atomic mass is 15.1. The summed E-state index contributed by atoms with van der Waals surface area (Å²) in [6.07, 6.45) is 0. The van der Waals surface area contributed by atoms with E-state index in [0.717, 1.165) is 18.8 Å². The standard InChI is InChI=1S/C7H16N2/c1-7(2)8-5-6-9(3)4/h8H,1,5-6H2,2-4H3. The summed E-state index contributed by atoms with van der Waals surface area (Å²) >= 11 is 0. The number of hydrogen-bond acceptors (Lipinski definition) is 2. The quantitative estimate of drug-likeness (QED) is 0.598. The van der Waals surface area contributed by atoms with Gasteiger partial charge in [0.1, 0.15) is 0 Å². The monoisotopic (exact) mass is 128 g/mol. The summed E-state index contributed by atoms with van der Waals surface area (Å²) in [5.41, 5.74) is 1.04. The number of nitrogens with one attached hydrogen (secondary N) is 1. The minimum absolute atomic E-state index is 0.988. The van der Waals surface area contributed by atoms with Gasteiger partial charge in [0.15, 0.2) is 0 Å². The van der Waals surface area contributed by atoms with Crippen molar-refractivity contribution in [2.24, 2.45) is 0 Å². The third-order valence-corrected chi connectivity index (χ3v) is 0.986. The topological polar surface area (TPSA) is 15.3 Å². The average Bonchev–Trinajstić information content (AvgIpc) is 1.63. The second-order valence-electron chi connectivity index (χ2n) is 2.51. The van der Waals surface area contributed by atoms with Gasteiger partial charge in [-0.1, -0.05) is 6.58 Å². The molecule has 0 heterocycles. The van der Waals surface area contributed by atoms with Crippen molar-refractivity contribution in [3.63, 3.8) is 0 Å². The van der Waals surface area contributed by atoms with Crippen LogP contribution in [-0.4, -0.2) is 32.1 Å². The molecule has 0 unspecified atom stereocenters. The molecule has 0 aromatic rings. The first-order chi connectivity index (χ1) is 4.13. The zero-order valence-corrected chi connectivity index (χ0v) is 6.57. The molecule has 0 aromatic heterocycles. The lowest BCUT2D eigenvalue weighted by atomic mass is 10.5. The molecule has 0 aromatic carbocycles. The van der Waals surface area contributed by atoms with Crippen LogP contribution in [0.1, 0.15) is 6.92 Å². The maximum absolute atomic E-state index is 3.72. The van der Waals surface area contributed by atoms with Crippen LogP contribution in [0.4, 0.5) is 0 Å². The van der Waals surface area contributed by atoms with Gasteiger partial charge in [-0.05, 0) is 21.0 Å². The van der Waals surface area contributed by atoms with Crippen LogP contribution in [0.2, 0.25) is 0 Å². The Kier molecular flexibility index (Phi) is 4.14. The lowest BCUT2D eigenvalue weighted by Gasteiger charge is -2.10. The number of hydrogen-bond donors (Lipinski definition) is 1. The summed E-state index contributed by atoms with van der Waals surface area (Å²) in [6.45, 7) is 7.74. The fourth-order valence-electron chi connectivity index (χ4n) is 0.493. The molecule has 0 aliphatic heterocycles. The zero-order valence-electron chi connectivity index (χ0n) is 6.57. The molecule has 2 heteroatoms. The Hall–Kier alpha value is -0.500. The Labute approximate surface area is 57.5 Å². The van der Waals surface area contributed by atoms with Crippen LogP contribution in [0.25, 0.3) is 0 Å². The van der Waals surface area contributed by atoms with Crippen LogP contribution in [0.5, 0.6) is 0 Å². The van der Waals surface area contributed by atoms with Gasteiger partial charge in [0.05, 0.1) is 0 Å². The predicted molar refractivity (Wildman–Crippen MR) is 41.4 cm³/mol. The second kappa shape index (κ2) is 4.39. The molecule has 9 heavy (non-hydrogen) atoms. The Balaban J connectivity index is 3.01. The lowest BCUT2D eigenvalue weighted by Crippen LogP contribution is -2.24. The fourth-order valence-corrected chi connectivity index (χ4v) is 0.493. The molecular weight excluding hydrogens is 112 g/mol. The van der Waals surface area contributed by atoms with Crippen LogP contribution in [0.15, 0.2) is 12.3 Å². The summed E-state index contributed by atoms with van der Waals surface area (Å²) < 4.78 is 0. The molecule has 0 amide bonds. The second-order valence-corrected chi connectivity index (χ2v) is 2.51. The van der Waals surface area contributed by atoms with Crippen molar-refractivity contribution in [2.75, 3.05) is 27.2 Å². The predicted octanol–water partition coefficient (Wildman–Crippen LogP) is 0.671. The maximum atomic E-state index is 3.72. The molecule has 0 fully saturated rings. The van der Waals surface area contributed by atoms with E-state index in [0.29, 0.717) is 0 Å². The molecule has 0 rings (SSSR count). The van der Waals surface area contributed by atoms with E-state index < -0.39 is 0 Å². The molecule has 54 valence electrons. The first-order valence-corrected chi connectivity index (χ1v) is 3.17. The first-order valence-electron chi connectivity index (χ1n) is 3.17. The van der Waals surface area contributed by atoms with Gasteiger partial charge in [0, 0.05) is 18.8 Å². The molecule has 0 aliphatic carbocycles. The van der Waals surface area contributed by atoms with E-state index in [2.05, 4.69) is 30.9 Å². The maximum Gasteiger partial charge on any atom is 0.0271 e. The van der Waals surface area contributed by atoms with E-state index in [9.17, 15) is 0 Å². The highest BCUT2D eigenvalue weighted by Crippen LogP contribution is 1.77. The summed E-state index contributed by atoms with van der Waals surface area (Å²) in [4.78, 5) is 2.13. The van der Waals surface area contributed by atoms with Gasteiger partial charge < -0.3 is 10.2 Å². The molecule has 1 N–H and O–H groups in total. The van der Waals surface area contributed by atoms with Crippen molar-refractivity contribution in [3.05, 3.63) is 12.3 Å². The van der Waals surface area contributed by atoms with E-state index in [-0.39, 0.29) is 0 Å². The third kappa shape index (κ3) is 7.50. The zero-order chi connectivity index (χ0) is 7.28. The summed E-state index contributed by atoms with van der Waals surface area (Å²) in [6, 6.07) is 0. The van der Waals surface area contributed by atoms with Crippen molar-refractivity contribution >= 4 is 0 Å². The van der Waals surface area contributed by atoms with Crippen molar-refractivity contribution in [3.8, 4) is 0 Å². The smallest absolute Gasteiger partial charge is 0.0271 e. The Morgan fingerprint density at radius 2 is 2.11 bits per heavy atom. The Morgan fingerprint density at radius 1 is 1.56 bits per heavy atom. The molecule has 0 spiro atoms. The molecule has 0 saturated carbocycles. The molecular formula is C7H16N2. The van der Waals surface area contributed by atoms with Crippen LogP contribution in [-0.2, 0) is 0 Å². The van der Waals surface area contributed by atoms with E-state index in [1.165, 1.54) is 0 Å². The van der Waals surface area contributed by atoms with Crippen LogP contribution in [0.3, 0.4) is 0 Å². The van der Waals surface area contributed by atoms with Gasteiger partial charge in [-0.3, -0.25) is 0 Å².